The number of rotatable bonds is 5. The Morgan fingerprint density at radius 3 is 2.26 bits per heavy atom. The number of pyridine rings is 1. The molecule has 0 saturated heterocycles. The zero-order chi connectivity index (χ0) is 23.9. The van der Waals surface area contributed by atoms with Gasteiger partial charge in [-0.3, -0.25) is 9.59 Å². The number of halogens is 4. The number of hydrogen-bond acceptors (Lipinski definition) is 5. The average Bonchev–Trinajstić information content (AvgIpc) is 2.66. The van der Waals surface area contributed by atoms with Gasteiger partial charge in [-0.05, 0) is 47.5 Å². The summed E-state index contributed by atoms with van der Waals surface area (Å²) in [6.07, 6.45) is 0.0531. The van der Waals surface area contributed by atoms with E-state index in [1.165, 1.54) is 10.6 Å². The summed E-state index contributed by atoms with van der Waals surface area (Å²) in [5.41, 5.74) is 5.78. The molecule has 2 rings (SSSR count). The van der Waals surface area contributed by atoms with Crippen LogP contribution >= 0.6 is 15.9 Å². The summed E-state index contributed by atoms with van der Waals surface area (Å²) in [6, 6.07) is 1.18. The number of amides is 1. The SMILES string of the molecule is CC(C)[C@@H](N)C(=O)N[C@H]1CC[C@H](Oc2cc(=O)n(C)cc2Br)CC1.O=C(O)C(F)(F)F. The van der Waals surface area contributed by atoms with Gasteiger partial charge in [-0.15, -0.1) is 0 Å². The summed E-state index contributed by atoms with van der Waals surface area (Å²) < 4.78 is 40.0. The number of hydrogen-bond donors (Lipinski definition) is 3. The Hall–Kier alpha value is -2.08. The van der Waals surface area contributed by atoms with Crippen molar-refractivity contribution in [2.24, 2.45) is 18.7 Å². The van der Waals surface area contributed by atoms with E-state index >= 15 is 0 Å². The number of carboxylic acid groups (broad SMARTS) is 1. The molecule has 0 unspecified atom stereocenters. The van der Waals surface area contributed by atoms with Crippen LogP contribution in [0.4, 0.5) is 13.2 Å². The normalized spacial score (nSPS) is 19.8. The summed E-state index contributed by atoms with van der Waals surface area (Å²) >= 11 is 3.43. The van der Waals surface area contributed by atoms with Crippen LogP contribution in [0.2, 0.25) is 0 Å². The van der Waals surface area contributed by atoms with E-state index in [2.05, 4.69) is 21.2 Å². The van der Waals surface area contributed by atoms with Gasteiger partial charge in [0.25, 0.3) is 5.56 Å². The third-order valence-electron chi connectivity index (χ3n) is 4.72. The molecule has 12 heteroatoms. The number of alkyl halides is 3. The first-order valence-electron chi connectivity index (χ1n) is 9.61. The number of carbonyl (C=O) groups is 2. The molecule has 4 N–H and O–H groups in total. The van der Waals surface area contributed by atoms with Crippen molar-refractivity contribution in [1.82, 2.24) is 9.88 Å². The predicted molar refractivity (Wildman–Crippen MR) is 111 cm³/mol. The number of carboxylic acids is 1. The van der Waals surface area contributed by atoms with Crippen LogP contribution in [0.1, 0.15) is 39.5 Å². The van der Waals surface area contributed by atoms with Crippen LogP contribution < -0.4 is 21.3 Å². The van der Waals surface area contributed by atoms with Gasteiger partial charge < -0.3 is 25.5 Å². The summed E-state index contributed by atoms with van der Waals surface area (Å²) in [5, 5.41) is 10.2. The molecule has 1 heterocycles. The number of aryl methyl sites for hydroxylation is 1. The third kappa shape index (κ3) is 8.90. The monoisotopic (exact) mass is 513 g/mol. The van der Waals surface area contributed by atoms with Crippen LogP contribution in [0.15, 0.2) is 21.5 Å². The largest absolute Gasteiger partial charge is 0.490 e. The van der Waals surface area contributed by atoms with Gasteiger partial charge in [0, 0.05) is 25.4 Å². The minimum absolute atomic E-state index is 0.0559. The van der Waals surface area contributed by atoms with E-state index in [-0.39, 0.29) is 29.5 Å². The van der Waals surface area contributed by atoms with Gasteiger partial charge in [-0.1, -0.05) is 13.8 Å². The number of aliphatic carboxylic acids is 1. The maximum Gasteiger partial charge on any atom is 0.490 e. The van der Waals surface area contributed by atoms with Gasteiger partial charge in [0.2, 0.25) is 5.91 Å². The van der Waals surface area contributed by atoms with Crippen molar-refractivity contribution in [3.05, 3.63) is 27.1 Å². The van der Waals surface area contributed by atoms with E-state index in [1.54, 1.807) is 13.2 Å². The maximum absolute atomic E-state index is 12.0. The van der Waals surface area contributed by atoms with E-state index in [1.807, 2.05) is 13.8 Å². The highest BCUT2D eigenvalue weighted by molar-refractivity contribution is 9.10. The molecule has 0 spiro atoms. The molecule has 1 saturated carbocycles. The van der Waals surface area contributed by atoms with Crippen molar-refractivity contribution in [3.63, 3.8) is 0 Å². The Bertz CT molecular complexity index is 821. The molecular formula is C19H27BrF3N3O5. The molecule has 1 fully saturated rings. The molecule has 1 atom stereocenters. The summed E-state index contributed by atoms with van der Waals surface area (Å²) in [5.74, 6) is -2.13. The molecule has 0 radical (unpaired) electrons. The quantitative estimate of drug-likeness (QED) is 0.555. The second kappa shape index (κ2) is 11.5. The molecule has 0 bridgehead atoms. The molecule has 0 aromatic carbocycles. The Kier molecular flexibility index (Phi) is 10.0. The lowest BCUT2D eigenvalue weighted by molar-refractivity contribution is -0.192. The minimum atomic E-state index is -5.08. The first kappa shape index (κ1) is 27.0. The number of ether oxygens (including phenoxy) is 1. The standard InChI is InChI=1S/C17H26BrN3O3.C2HF3O2/c1-10(2)16(19)17(23)20-11-4-6-12(7-5-11)24-14-8-15(22)21(3)9-13(14)18;3-2(4,5)1(6)7/h8-12,16H,4-7,19H2,1-3H3,(H,20,23);(H,6,7)/t11-,12-,16-;/m1./s1. The molecule has 8 nitrogen and oxygen atoms in total. The van der Waals surface area contributed by atoms with E-state index < -0.39 is 18.2 Å². The van der Waals surface area contributed by atoms with Gasteiger partial charge in [-0.2, -0.15) is 13.2 Å². The lowest BCUT2D eigenvalue weighted by Gasteiger charge is -2.30. The minimum Gasteiger partial charge on any atom is -0.489 e. The molecule has 31 heavy (non-hydrogen) atoms. The van der Waals surface area contributed by atoms with E-state index in [0.29, 0.717) is 5.75 Å². The summed E-state index contributed by atoms with van der Waals surface area (Å²) in [6.45, 7) is 3.88. The topological polar surface area (TPSA) is 124 Å². The summed E-state index contributed by atoms with van der Waals surface area (Å²) in [4.78, 5) is 32.7. The number of nitrogens with two attached hydrogens (primary N) is 1. The fraction of sp³-hybridized carbons (Fsp3) is 0.632. The van der Waals surface area contributed by atoms with Crippen molar-refractivity contribution in [2.45, 2.75) is 63.9 Å². The van der Waals surface area contributed by atoms with Gasteiger partial charge in [0.05, 0.1) is 16.6 Å². The Labute approximate surface area is 186 Å². The molecule has 1 aliphatic carbocycles. The Morgan fingerprint density at radius 1 is 1.29 bits per heavy atom. The van der Waals surface area contributed by atoms with Crippen molar-refractivity contribution >= 4 is 27.8 Å². The van der Waals surface area contributed by atoms with Crippen LogP contribution in [0.5, 0.6) is 5.75 Å². The number of nitrogens with zero attached hydrogens (tertiary/aromatic N) is 1. The zero-order valence-electron chi connectivity index (χ0n) is 17.4. The average molecular weight is 514 g/mol. The third-order valence-corrected chi connectivity index (χ3v) is 5.32. The van der Waals surface area contributed by atoms with Crippen molar-refractivity contribution in [2.75, 3.05) is 0 Å². The predicted octanol–water partition coefficient (Wildman–Crippen LogP) is 2.57. The fourth-order valence-electron chi connectivity index (χ4n) is 2.78. The van der Waals surface area contributed by atoms with E-state index in [9.17, 15) is 22.8 Å². The molecule has 1 aliphatic rings. The van der Waals surface area contributed by atoms with Gasteiger partial charge in [0.15, 0.2) is 0 Å². The second-order valence-electron chi connectivity index (χ2n) is 7.61. The van der Waals surface area contributed by atoms with E-state index in [4.69, 9.17) is 20.4 Å². The molecule has 176 valence electrons. The van der Waals surface area contributed by atoms with Crippen molar-refractivity contribution in [3.8, 4) is 5.75 Å². The van der Waals surface area contributed by atoms with Crippen LogP contribution in [0.3, 0.4) is 0 Å². The number of carbonyl (C=O) groups excluding carboxylic acids is 1. The first-order chi connectivity index (χ1) is 14.2. The molecule has 1 aromatic rings. The van der Waals surface area contributed by atoms with Crippen molar-refractivity contribution in [1.29, 1.82) is 0 Å². The number of nitrogens with one attached hydrogen (secondary N) is 1. The molecule has 1 aromatic heterocycles. The van der Waals surface area contributed by atoms with Crippen molar-refractivity contribution < 1.29 is 32.6 Å². The van der Waals surface area contributed by atoms with E-state index in [0.717, 1.165) is 30.2 Å². The number of aromatic nitrogens is 1. The Balaban J connectivity index is 0.000000592. The second-order valence-corrected chi connectivity index (χ2v) is 8.46. The smallest absolute Gasteiger partial charge is 0.489 e. The lowest BCUT2D eigenvalue weighted by Crippen LogP contribution is -2.49. The Morgan fingerprint density at radius 2 is 1.81 bits per heavy atom. The van der Waals surface area contributed by atoms with Crippen LogP contribution in [0, 0.1) is 5.92 Å². The highest BCUT2D eigenvalue weighted by atomic mass is 79.9. The summed E-state index contributed by atoms with van der Waals surface area (Å²) in [7, 11) is 1.70. The first-order valence-corrected chi connectivity index (χ1v) is 10.4. The van der Waals surface area contributed by atoms with Gasteiger partial charge in [-0.25, -0.2) is 4.79 Å². The fourth-order valence-corrected chi connectivity index (χ4v) is 3.29. The lowest BCUT2D eigenvalue weighted by atomic mass is 9.92. The zero-order valence-corrected chi connectivity index (χ0v) is 19.0. The molecular weight excluding hydrogens is 487 g/mol. The van der Waals surface area contributed by atoms with Crippen LogP contribution in [-0.4, -0.2) is 45.9 Å². The maximum atomic E-state index is 12.0. The van der Waals surface area contributed by atoms with Crippen LogP contribution in [-0.2, 0) is 16.6 Å². The molecule has 1 amide bonds. The van der Waals surface area contributed by atoms with Gasteiger partial charge in [0.1, 0.15) is 5.75 Å². The highest BCUT2D eigenvalue weighted by Crippen LogP contribution is 2.28. The van der Waals surface area contributed by atoms with Gasteiger partial charge >= 0.3 is 12.1 Å². The molecule has 0 aliphatic heterocycles. The highest BCUT2D eigenvalue weighted by Gasteiger charge is 2.38. The van der Waals surface area contributed by atoms with Crippen LogP contribution in [0.25, 0.3) is 0 Å².